The van der Waals surface area contributed by atoms with Crippen LogP contribution >= 0.6 is 0 Å². The molecule has 1 aliphatic heterocycles. The Balaban J connectivity index is 1.77. The van der Waals surface area contributed by atoms with Gasteiger partial charge in [-0.3, -0.25) is 0 Å². The van der Waals surface area contributed by atoms with Crippen molar-refractivity contribution in [1.82, 2.24) is 4.90 Å². The summed E-state index contributed by atoms with van der Waals surface area (Å²) in [5, 5.41) is 0. The number of carbonyl (C=O) groups excluding carboxylic acids is 1. The Labute approximate surface area is 143 Å². The van der Waals surface area contributed by atoms with E-state index in [0.29, 0.717) is 0 Å². The van der Waals surface area contributed by atoms with Crippen molar-refractivity contribution >= 4 is 5.97 Å². The van der Waals surface area contributed by atoms with Crippen LogP contribution in [0.3, 0.4) is 0 Å². The third kappa shape index (κ3) is 3.70. The zero-order chi connectivity index (χ0) is 16.8. The molecule has 0 bridgehead atoms. The molecule has 3 rings (SSSR count). The van der Waals surface area contributed by atoms with Gasteiger partial charge in [0.15, 0.2) is 0 Å². The molecule has 0 atom stereocenters. The average Bonchev–Trinajstić information content (AvgIpc) is 3.17. The van der Waals surface area contributed by atoms with Crippen LogP contribution in [-0.2, 0) is 10.3 Å². The first-order valence-corrected chi connectivity index (χ1v) is 8.78. The predicted molar refractivity (Wildman–Crippen MR) is 92.8 cm³/mol. The minimum atomic E-state index is -0.562. The molecule has 2 heterocycles. The zero-order valence-corrected chi connectivity index (χ0v) is 14.2. The number of hydrogen-bond donors (Lipinski definition) is 0. The predicted octanol–water partition coefficient (Wildman–Crippen LogP) is 4.23. The third-order valence-corrected chi connectivity index (χ3v) is 4.80. The highest BCUT2D eigenvalue weighted by Gasteiger charge is 2.40. The van der Waals surface area contributed by atoms with Crippen LogP contribution in [-0.4, -0.2) is 30.5 Å². The molecule has 128 valence electrons. The highest BCUT2D eigenvalue weighted by atomic mass is 16.6. The molecule has 0 spiro atoms. The highest BCUT2D eigenvalue weighted by molar-refractivity contribution is 5.86. The molecule has 4 nitrogen and oxygen atoms in total. The number of piperidine rings is 1. The lowest BCUT2D eigenvalue weighted by Gasteiger charge is -2.41. The summed E-state index contributed by atoms with van der Waals surface area (Å²) in [5.41, 5.74) is 0.508. The maximum absolute atomic E-state index is 12.5. The van der Waals surface area contributed by atoms with Crippen LogP contribution in [0, 0.1) is 0 Å². The Morgan fingerprint density at radius 3 is 2.54 bits per heavy atom. The van der Waals surface area contributed by atoms with E-state index in [1.54, 1.807) is 12.1 Å². The normalized spacial score (nSPS) is 17.5. The van der Waals surface area contributed by atoms with Gasteiger partial charge in [-0.05, 0) is 30.7 Å². The van der Waals surface area contributed by atoms with E-state index in [4.69, 9.17) is 9.15 Å². The van der Waals surface area contributed by atoms with Gasteiger partial charge in [-0.1, -0.05) is 43.7 Å². The van der Waals surface area contributed by atoms with Crippen LogP contribution in [0.15, 0.2) is 53.1 Å². The second kappa shape index (κ2) is 7.67. The van der Waals surface area contributed by atoms with Gasteiger partial charge in [0, 0.05) is 25.9 Å². The van der Waals surface area contributed by atoms with Crippen molar-refractivity contribution in [1.29, 1.82) is 0 Å². The maximum atomic E-state index is 12.5. The summed E-state index contributed by atoms with van der Waals surface area (Å²) < 4.78 is 11.2. The molecule has 2 aromatic rings. The molecule has 1 aliphatic rings. The van der Waals surface area contributed by atoms with E-state index < -0.39 is 5.60 Å². The van der Waals surface area contributed by atoms with Crippen LogP contribution in [0.25, 0.3) is 0 Å². The molecule has 0 unspecified atom stereocenters. The molecule has 1 aromatic carbocycles. The minimum Gasteiger partial charge on any atom is -0.457 e. The van der Waals surface area contributed by atoms with Gasteiger partial charge in [-0.25, -0.2) is 4.79 Å². The molecule has 1 aromatic heterocycles. The molecule has 1 saturated heterocycles. The molecule has 4 heteroatoms. The summed E-state index contributed by atoms with van der Waals surface area (Å²) in [6, 6.07) is 13.5. The van der Waals surface area contributed by atoms with Crippen LogP contribution in [0.5, 0.6) is 0 Å². The Kier molecular flexibility index (Phi) is 5.36. The minimum absolute atomic E-state index is 0.263. The van der Waals surface area contributed by atoms with Crippen molar-refractivity contribution in [3.8, 4) is 0 Å². The van der Waals surface area contributed by atoms with Crippen molar-refractivity contribution in [3.63, 3.8) is 0 Å². The summed E-state index contributed by atoms with van der Waals surface area (Å²) in [7, 11) is 0. The largest absolute Gasteiger partial charge is 0.457 e. The van der Waals surface area contributed by atoms with Crippen molar-refractivity contribution in [2.45, 2.75) is 38.2 Å². The SMILES string of the molecule is CCCCN1CCC(OC(=O)c2ccco2)(c2ccccc2)CC1. The summed E-state index contributed by atoms with van der Waals surface area (Å²) in [6.07, 6.45) is 5.54. The number of furan rings is 1. The topological polar surface area (TPSA) is 42.7 Å². The van der Waals surface area contributed by atoms with Crippen molar-refractivity contribution < 1.29 is 13.9 Å². The summed E-state index contributed by atoms with van der Waals surface area (Å²) in [4.78, 5) is 14.9. The first kappa shape index (κ1) is 16.8. The lowest BCUT2D eigenvalue weighted by Crippen LogP contribution is -2.45. The van der Waals surface area contributed by atoms with E-state index in [9.17, 15) is 4.79 Å². The monoisotopic (exact) mass is 327 g/mol. The second-order valence-electron chi connectivity index (χ2n) is 6.42. The first-order chi connectivity index (χ1) is 11.7. The number of carbonyl (C=O) groups is 1. The highest BCUT2D eigenvalue weighted by Crippen LogP contribution is 2.37. The summed E-state index contributed by atoms with van der Waals surface area (Å²) in [6.45, 7) is 5.22. The zero-order valence-electron chi connectivity index (χ0n) is 14.2. The number of likely N-dealkylation sites (tertiary alicyclic amines) is 1. The van der Waals surface area contributed by atoms with Crippen LogP contribution < -0.4 is 0 Å². The van der Waals surface area contributed by atoms with Crippen LogP contribution in [0.1, 0.15) is 48.7 Å². The van der Waals surface area contributed by atoms with Gasteiger partial charge in [0.2, 0.25) is 5.76 Å². The molecule has 0 saturated carbocycles. The quantitative estimate of drug-likeness (QED) is 0.745. The van der Waals surface area contributed by atoms with Gasteiger partial charge in [0.1, 0.15) is 5.60 Å². The number of hydrogen-bond acceptors (Lipinski definition) is 4. The molecular weight excluding hydrogens is 302 g/mol. The van der Waals surface area contributed by atoms with Crippen molar-refractivity contribution in [2.75, 3.05) is 19.6 Å². The number of unbranched alkanes of at least 4 members (excludes halogenated alkanes) is 1. The standard InChI is InChI=1S/C20H25NO3/c1-2-3-13-21-14-11-20(12-15-21,17-8-5-4-6-9-17)24-19(22)18-10-7-16-23-18/h4-10,16H,2-3,11-15H2,1H3. The van der Waals surface area contributed by atoms with Crippen LogP contribution in [0.4, 0.5) is 0 Å². The van der Waals surface area contributed by atoms with E-state index in [1.165, 1.54) is 19.1 Å². The maximum Gasteiger partial charge on any atom is 0.375 e. The van der Waals surface area contributed by atoms with E-state index in [-0.39, 0.29) is 11.7 Å². The molecule has 0 amide bonds. The molecule has 0 radical (unpaired) electrons. The number of benzene rings is 1. The van der Waals surface area contributed by atoms with Gasteiger partial charge in [0.05, 0.1) is 6.26 Å². The van der Waals surface area contributed by atoms with Crippen molar-refractivity contribution in [2.24, 2.45) is 0 Å². The van der Waals surface area contributed by atoms with E-state index in [2.05, 4.69) is 24.0 Å². The molecule has 24 heavy (non-hydrogen) atoms. The Bertz CT molecular complexity index is 628. The first-order valence-electron chi connectivity index (χ1n) is 8.78. The van der Waals surface area contributed by atoms with E-state index >= 15 is 0 Å². The number of esters is 1. The van der Waals surface area contributed by atoms with Gasteiger partial charge in [0.25, 0.3) is 0 Å². The average molecular weight is 327 g/mol. The Morgan fingerprint density at radius 1 is 1.17 bits per heavy atom. The summed E-state index contributed by atoms with van der Waals surface area (Å²) >= 11 is 0. The fraction of sp³-hybridized carbons (Fsp3) is 0.450. The van der Waals surface area contributed by atoms with E-state index in [0.717, 1.165) is 38.0 Å². The van der Waals surface area contributed by atoms with Gasteiger partial charge < -0.3 is 14.1 Å². The molecule has 1 fully saturated rings. The van der Waals surface area contributed by atoms with Crippen molar-refractivity contribution in [3.05, 3.63) is 60.1 Å². The van der Waals surface area contributed by atoms with E-state index in [1.807, 2.05) is 18.2 Å². The molecular formula is C20H25NO3. The van der Waals surface area contributed by atoms with Gasteiger partial charge in [-0.2, -0.15) is 0 Å². The smallest absolute Gasteiger partial charge is 0.375 e. The lowest BCUT2D eigenvalue weighted by molar-refractivity contribution is -0.0576. The number of ether oxygens (including phenoxy) is 1. The number of rotatable bonds is 6. The lowest BCUT2D eigenvalue weighted by atomic mass is 9.84. The third-order valence-electron chi connectivity index (χ3n) is 4.80. The second-order valence-corrected chi connectivity index (χ2v) is 6.42. The van der Waals surface area contributed by atoms with Gasteiger partial charge in [-0.15, -0.1) is 0 Å². The number of nitrogens with zero attached hydrogens (tertiary/aromatic N) is 1. The van der Waals surface area contributed by atoms with Gasteiger partial charge >= 0.3 is 5.97 Å². The molecule has 0 N–H and O–H groups in total. The fourth-order valence-electron chi connectivity index (χ4n) is 3.33. The Hall–Kier alpha value is -2.07. The van der Waals surface area contributed by atoms with Crippen LogP contribution in [0.2, 0.25) is 0 Å². The summed E-state index contributed by atoms with van der Waals surface area (Å²) in [5.74, 6) is -0.121. The fourth-order valence-corrected chi connectivity index (χ4v) is 3.33. The molecule has 0 aliphatic carbocycles. The Morgan fingerprint density at radius 2 is 1.92 bits per heavy atom.